The van der Waals surface area contributed by atoms with Gasteiger partial charge < -0.3 is 19.7 Å². The summed E-state index contributed by atoms with van der Waals surface area (Å²) in [4.78, 5) is 41.1. The van der Waals surface area contributed by atoms with Gasteiger partial charge >= 0.3 is 0 Å². The van der Waals surface area contributed by atoms with Crippen LogP contribution in [0.3, 0.4) is 0 Å². The van der Waals surface area contributed by atoms with Gasteiger partial charge in [0.2, 0.25) is 18.6 Å². The van der Waals surface area contributed by atoms with E-state index in [0.717, 1.165) is 11.1 Å². The highest BCUT2D eigenvalue weighted by Crippen LogP contribution is 2.37. The predicted molar refractivity (Wildman–Crippen MR) is 119 cm³/mol. The Morgan fingerprint density at radius 3 is 2.38 bits per heavy atom. The summed E-state index contributed by atoms with van der Waals surface area (Å²) in [6, 6.07) is 11.1. The van der Waals surface area contributed by atoms with Gasteiger partial charge in [0, 0.05) is 37.8 Å². The van der Waals surface area contributed by atoms with E-state index in [1.54, 1.807) is 12.1 Å². The van der Waals surface area contributed by atoms with Crippen molar-refractivity contribution in [3.05, 3.63) is 53.1 Å². The van der Waals surface area contributed by atoms with Crippen molar-refractivity contribution in [2.45, 2.75) is 20.3 Å². The number of aryl methyl sites for hydroxylation is 1. The van der Waals surface area contributed by atoms with Crippen LogP contribution in [0.2, 0.25) is 0 Å². The van der Waals surface area contributed by atoms with E-state index in [1.807, 2.05) is 41.0 Å². The molecule has 1 fully saturated rings. The molecule has 1 saturated heterocycles. The summed E-state index contributed by atoms with van der Waals surface area (Å²) in [6.07, 6.45) is 0.394. The minimum absolute atomic E-state index is 0.0942. The number of carbonyl (C=O) groups excluding carboxylic acids is 3. The van der Waals surface area contributed by atoms with Crippen LogP contribution >= 0.6 is 0 Å². The number of piperazine rings is 1. The van der Waals surface area contributed by atoms with Crippen molar-refractivity contribution in [1.82, 2.24) is 9.80 Å². The number of rotatable bonds is 6. The Morgan fingerprint density at radius 2 is 1.69 bits per heavy atom. The molecule has 0 aromatic heterocycles. The summed E-state index contributed by atoms with van der Waals surface area (Å²) in [5, 5.41) is 2.82. The van der Waals surface area contributed by atoms with Crippen LogP contribution in [0, 0.1) is 6.92 Å². The number of benzene rings is 2. The van der Waals surface area contributed by atoms with Crippen molar-refractivity contribution >= 4 is 23.3 Å². The van der Waals surface area contributed by atoms with Crippen LogP contribution < -0.4 is 14.8 Å². The van der Waals surface area contributed by atoms with E-state index >= 15 is 0 Å². The fourth-order valence-corrected chi connectivity index (χ4v) is 3.97. The zero-order chi connectivity index (χ0) is 22.7. The maximum absolute atomic E-state index is 12.7. The molecule has 8 heteroatoms. The highest BCUT2D eigenvalue weighted by molar-refractivity contribution is 6.05. The number of amides is 2. The molecule has 0 aliphatic carbocycles. The highest BCUT2D eigenvalue weighted by Gasteiger charge is 2.24. The fraction of sp³-hybridized carbons (Fsp3) is 0.375. The number of hydrogen-bond donors (Lipinski definition) is 1. The molecule has 2 heterocycles. The molecule has 2 aliphatic heterocycles. The van der Waals surface area contributed by atoms with Crippen molar-refractivity contribution in [3.8, 4) is 11.5 Å². The van der Waals surface area contributed by atoms with E-state index in [0.29, 0.717) is 55.3 Å². The maximum Gasteiger partial charge on any atom is 0.238 e. The van der Waals surface area contributed by atoms with Crippen molar-refractivity contribution < 1.29 is 23.9 Å². The first-order valence-corrected chi connectivity index (χ1v) is 10.7. The van der Waals surface area contributed by atoms with E-state index in [1.165, 1.54) is 6.92 Å². The van der Waals surface area contributed by atoms with Crippen LogP contribution in [-0.4, -0.2) is 66.9 Å². The molecule has 2 amide bonds. The van der Waals surface area contributed by atoms with E-state index in [9.17, 15) is 14.4 Å². The first kappa shape index (κ1) is 21.8. The third-order valence-corrected chi connectivity index (χ3v) is 5.86. The second-order valence-corrected chi connectivity index (χ2v) is 8.12. The minimum Gasteiger partial charge on any atom is -0.454 e. The molecule has 2 aliphatic rings. The molecular formula is C24H27N3O5. The second kappa shape index (κ2) is 9.40. The second-order valence-electron chi connectivity index (χ2n) is 8.12. The lowest BCUT2D eigenvalue weighted by Crippen LogP contribution is -2.50. The Kier molecular flexibility index (Phi) is 6.41. The standard InChI is InChI=1S/C24H27N3O5/c1-16-5-3-4-6-18(16)11-24(30)27-9-7-26(8-10-27)14-23(29)25-20-13-22-21(31-15-32-22)12-19(20)17(2)28/h3-6,12-13H,7-11,14-15H2,1-2H3,(H,25,29). The van der Waals surface area contributed by atoms with Crippen LogP contribution in [0.4, 0.5) is 5.69 Å². The number of carbonyl (C=O) groups is 3. The lowest BCUT2D eigenvalue weighted by molar-refractivity contribution is -0.132. The molecule has 0 bridgehead atoms. The Hall–Kier alpha value is -3.39. The summed E-state index contributed by atoms with van der Waals surface area (Å²) in [5.74, 6) is 0.728. The number of nitrogens with zero attached hydrogens (tertiary/aromatic N) is 2. The minimum atomic E-state index is -0.217. The van der Waals surface area contributed by atoms with E-state index < -0.39 is 0 Å². The van der Waals surface area contributed by atoms with Gasteiger partial charge in [-0.25, -0.2) is 0 Å². The zero-order valence-corrected chi connectivity index (χ0v) is 18.3. The molecular weight excluding hydrogens is 410 g/mol. The topological polar surface area (TPSA) is 88.2 Å². The van der Waals surface area contributed by atoms with Crippen molar-refractivity contribution in [3.63, 3.8) is 0 Å². The number of ketones is 1. The molecule has 0 saturated carbocycles. The van der Waals surface area contributed by atoms with Gasteiger partial charge in [0.15, 0.2) is 17.3 Å². The average molecular weight is 437 g/mol. The molecule has 4 rings (SSSR count). The highest BCUT2D eigenvalue weighted by atomic mass is 16.7. The van der Waals surface area contributed by atoms with Crippen LogP contribution in [0.15, 0.2) is 36.4 Å². The number of nitrogens with one attached hydrogen (secondary N) is 1. The summed E-state index contributed by atoms with van der Waals surface area (Å²) in [6.45, 7) is 6.14. The van der Waals surface area contributed by atoms with Crippen LogP contribution in [-0.2, 0) is 16.0 Å². The largest absolute Gasteiger partial charge is 0.454 e. The van der Waals surface area contributed by atoms with Crippen molar-refractivity contribution in [2.75, 3.05) is 44.8 Å². The van der Waals surface area contributed by atoms with Crippen LogP contribution in [0.5, 0.6) is 11.5 Å². The monoisotopic (exact) mass is 437 g/mol. The lowest BCUT2D eigenvalue weighted by Gasteiger charge is -2.34. The first-order chi connectivity index (χ1) is 15.4. The molecule has 0 atom stereocenters. The average Bonchev–Trinajstić information content (AvgIpc) is 3.22. The lowest BCUT2D eigenvalue weighted by atomic mass is 10.1. The third kappa shape index (κ3) is 4.91. The molecule has 2 aromatic rings. The van der Waals surface area contributed by atoms with Gasteiger partial charge in [0.1, 0.15) is 0 Å². The smallest absolute Gasteiger partial charge is 0.238 e. The SMILES string of the molecule is CC(=O)c1cc2c(cc1NC(=O)CN1CCN(C(=O)Cc3ccccc3C)CC1)OCO2. The summed E-state index contributed by atoms with van der Waals surface area (Å²) >= 11 is 0. The van der Waals surface area contributed by atoms with Gasteiger partial charge in [-0.15, -0.1) is 0 Å². The molecule has 168 valence electrons. The molecule has 8 nitrogen and oxygen atoms in total. The van der Waals surface area contributed by atoms with Crippen LogP contribution in [0.25, 0.3) is 0 Å². The fourth-order valence-electron chi connectivity index (χ4n) is 3.97. The predicted octanol–water partition coefficient (Wildman–Crippen LogP) is 2.25. The van der Waals surface area contributed by atoms with E-state index in [4.69, 9.17) is 9.47 Å². The molecule has 2 aromatic carbocycles. The first-order valence-electron chi connectivity index (χ1n) is 10.7. The van der Waals surface area contributed by atoms with Gasteiger partial charge in [-0.3, -0.25) is 19.3 Å². The number of anilines is 1. The van der Waals surface area contributed by atoms with Gasteiger partial charge in [0.05, 0.1) is 18.7 Å². The number of hydrogen-bond acceptors (Lipinski definition) is 6. The number of Topliss-reactive ketones (excluding diaryl/α,β-unsaturated/α-hetero) is 1. The summed E-state index contributed by atoms with van der Waals surface area (Å²) in [7, 11) is 0. The number of ether oxygens (including phenoxy) is 2. The van der Waals surface area contributed by atoms with Gasteiger partial charge in [-0.05, 0) is 31.0 Å². The Bertz CT molecular complexity index is 1040. The Balaban J connectivity index is 1.30. The van der Waals surface area contributed by atoms with Crippen LogP contribution in [0.1, 0.15) is 28.4 Å². The zero-order valence-electron chi connectivity index (χ0n) is 18.3. The van der Waals surface area contributed by atoms with E-state index in [-0.39, 0.29) is 30.9 Å². The molecule has 1 N–H and O–H groups in total. The van der Waals surface area contributed by atoms with Crippen molar-refractivity contribution in [1.29, 1.82) is 0 Å². The molecule has 32 heavy (non-hydrogen) atoms. The van der Waals surface area contributed by atoms with Gasteiger partial charge in [0.25, 0.3) is 0 Å². The Labute approximate surface area is 187 Å². The molecule has 0 radical (unpaired) electrons. The molecule has 0 spiro atoms. The quantitative estimate of drug-likeness (QED) is 0.698. The maximum atomic E-state index is 12.7. The van der Waals surface area contributed by atoms with Crippen molar-refractivity contribution in [2.24, 2.45) is 0 Å². The third-order valence-electron chi connectivity index (χ3n) is 5.86. The summed E-state index contributed by atoms with van der Waals surface area (Å²) in [5.41, 5.74) is 2.96. The summed E-state index contributed by atoms with van der Waals surface area (Å²) < 4.78 is 10.7. The van der Waals surface area contributed by atoms with Gasteiger partial charge in [-0.2, -0.15) is 0 Å². The normalized spacial score (nSPS) is 15.5. The Morgan fingerprint density at radius 1 is 1.00 bits per heavy atom. The molecule has 0 unspecified atom stereocenters. The number of fused-ring (bicyclic) bond motifs is 1. The van der Waals surface area contributed by atoms with E-state index in [2.05, 4.69) is 5.32 Å². The van der Waals surface area contributed by atoms with Gasteiger partial charge in [-0.1, -0.05) is 24.3 Å².